The maximum absolute atomic E-state index is 11.9. The van der Waals surface area contributed by atoms with Crippen molar-refractivity contribution in [1.29, 1.82) is 0 Å². The molecule has 27 heavy (non-hydrogen) atoms. The summed E-state index contributed by atoms with van der Waals surface area (Å²) >= 11 is 3.50. The van der Waals surface area contributed by atoms with Gasteiger partial charge in [-0.3, -0.25) is 10.1 Å². The molecule has 0 atom stereocenters. The predicted octanol–water partition coefficient (Wildman–Crippen LogP) is 3.64. The SMILES string of the molecule is COc1ccc(Cn2cc(/C=C3\NC(=O)NC3=O)c3cc(Br)ccc32)cc1. The Kier molecular flexibility index (Phi) is 4.45. The number of carbonyl (C=O) groups excluding carboxylic acids is 2. The number of benzene rings is 2. The quantitative estimate of drug-likeness (QED) is 0.494. The van der Waals surface area contributed by atoms with Crippen LogP contribution in [0.5, 0.6) is 5.75 Å². The molecule has 0 aliphatic carbocycles. The molecule has 3 aromatic rings. The third-order valence-electron chi connectivity index (χ3n) is 4.41. The molecule has 0 radical (unpaired) electrons. The van der Waals surface area contributed by atoms with E-state index in [-0.39, 0.29) is 5.70 Å². The molecule has 2 N–H and O–H groups in total. The van der Waals surface area contributed by atoms with E-state index in [2.05, 4.69) is 31.1 Å². The first-order chi connectivity index (χ1) is 13.0. The molecule has 0 bridgehead atoms. The first kappa shape index (κ1) is 17.4. The average Bonchev–Trinajstić information content (AvgIpc) is 3.15. The van der Waals surface area contributed by atoms with Crippen LogP contribution in [0.15, 0.2) is 58.8 Å². The number of halogens is 1. The van der Waals surface area contributed by atoms with Gasteiger partial charge in [0.15, 0.2) is 0 Å². The first-order valence-electron chi connectivity index (χ1n) is 8.29. The minimum absolute atomic E-state index is 0.239. The van der Waals surface area contributed by atoms with Crippen LogP contribution in [0.25, 0.3) is 17.0 Å². The van der Waals surface area contributed by atoms with Crippen LogP contribution >= 0.6 is 15.9 Å². The summed E-state index contributed by atoms with van der Waals surface area (Å²) in [5.41, 5.74) is 3.25. The molecule has 1 aliphatic rings. The maximum Gasteiger partial charge on any atom is 0.326 e. The van der Waals surface area contributed by atoms with Crippen LogP contribution in [0.2, 0.25) is 0 Å². The zero-order chi connectivity index (χ0) is 19.0. The van der Waals surface area contributed by atoms with Crippen molar-refractivity contribution < 1.29 is 14.3 Å². The van der Waals surface area contributed by atoms with Crippen molar-refractivity contribution in [1.82, 2.24) is 15.2 Å². The fourth-order valence-corrected chi connectivity index (χ4v) is 3.47. The van der Waals surface area contributed by atoms with Crippen LogP contribution in [0.3, 0.4) is 0 Å². The van der Waals surface area contributed by atoms with E-state index in [1.54, 1.807) is 13.2 Å². The lowest BCUT2D eigenvalue weighted by Gasteiger charge is -2.07. The lowest BCUT2D eigenvalue weighted by atomic mass is 10.1. The normalized spacial score (nSPS) is 15.3. The molecule has 2 aromatic carbocycles. The zero-order valence-electron chi connectivity index (χ0n) is 14.5. The molecule has 4 rings (SSSR count). The fraction of sp³-hybridized carbons (Fsp3) is 0.100. The van der Waals surface area contributed by atoms with Crippen molar-refractivity contribution >= 4 is 44.8 Å². The predicted molar refractivity (Wildman–Crippen MR) is 106 cm³/mol. The number of hydrogen-bond donors (Lipinski definition) is 2. The summed E-state index contributed by atoms with van der Waals surface area (Å²) in [7, 11) is 1.64. The zero-order valence-corrected chi connectivity index (χ0v) is 16.0. The van der Waals surface area contributed by atoms with E-state index in [0.29, 0.717) is 6.54 Å². The highest BCUT2D eigenvalue weighted by Crippen LogP contribution is 2.28. The monoisotopic (exact) mass is 425 g/mol. The van der Waals surface area contributed by atoms with Gasteiger partial charge in [0.2, 0.25) is 0 Å². The Bertz CT molecular complexity index is 1080. The van der Waals surface area contributed by atoms with Crippen molar-refractivity contribution in [3.05, 3.63) is 70.0 Å². The van der Waals surface area contributed by atoms with Gasteiger partial charge in [-0.1, -0.05) is 28.1 Å². The Labute approximate surface area is 163 Å². The Morgan fingerprint density at radius 2 is 1.89 bits per heavy atom. The van der Waals surface area contributed by atoms with E-state index in [1.807, 2.05) is 48.7 Å². The van der Waals surface area contributed by atoms with Gasteiger partial charge in [-0.25, -0.2) is 4.79 Å². The van der Waals surface area contributed by atoms with Crippen molar-refractivity contribution in [3.63, 3.8) is 0 Å². The van der Waals surface area contributed by atoms with Gasteiger partial charge < -0.3 is 14.6 Å². The molecule has 0 spiro atoms. The Morgan fingerprint density at radius 1 is 1.11 bits per heavy atom. The minimum atomic E-state index is -0.505. The highest BCUT2D eigenvalue weighted by Gasteiger charge is 2.23. The van der Waals surface area contributed by atoms with Gasteiger partial charge in [-0.05, 0) is 42.0 Å². The molecular weight excluding hydrogens is 410 g/mol. The number of imide groups is 1. The topological polar surface area (TPSA) is 72.4 Å². The lowest BCUT2D eigenvalue weighted by molar-refractivity contribution is -0.115. The summed E-state index contributed by atoms with van der Waals surface area (Å²) in [4.78, 5) is 23.2. The number of hydrogen-bond acceptors (Lipinski definition) is 3. The van der Waals surface area contributed by atoms with E-state index in [0.717, 1.165) is 32.3 Å². The van der Waals surface area contributed by atoms with Crippen LogP contribution in [0.4, 0.5) is 4.79 Å². The molecule has 6 nitrogen and oxygen atoms in total. The number of fused-ring (bicyclic) bond motifs is 1. The van der Waals surface area contributed by atoms with Gasteiger partial charge >= 0.3 is 6.03 Å². The smallest absolute Gasteiger partial charge is 0.326 e. The second-order valence-corrected chi connectivity index (χ2v) is 7.10. The fourth-order valence-electron chi connectivity index (χ4n) is 3.11. The first-order valence-corrected chi connectivity index (χ1v) is 9.08. The third-order valence-corrected chi connectivity index (χ3v) is 4.90. The van der Waals surface area contributed by atoms with E-state index in [9.17, 15) is 9.59 Å². The number of nitrogens with one attached hydrogen (secondary N) is 2. The largest absolute Gasteiger partial charge is 0.497 e. The number of aromatic nitrogens is 1. The van der Waals surface area contributed by atoms with Crippen LogP contribution in [-0.2, 0) is 11.3 Å². The summed E-state index contributed by atoms with van der Waals surface area (Å²) in [5, 5.41) is 5.73. The summed E-state index contributed by atoms with van der Waals surface area (Å²) in [5.74, 6) is 0.388. The van der Waals surface area contributed by atoms with Gasteiger partial charge in [-0.2, -0.15) is 0 Å². The molecular formula is C20H16BrN3O3. The minimum Gasteiger partial charge on any atom is -0.497 e. The van der Waals surface area contributed by atoms with Crippen LogP contribution in [0, 0.1) is 0 Å². The Morgan fingerprint density at radius 3 is 2.56 bits per heavy atom. The number of methoxy groups -OCH3 is 1. The van der Waals surface area contributed by atoms with E-state index < -0.39 is 11.9 Å². The Hall–Kier alpha value is -3.06. The van der Waals surface area contributed by atoms with Gasteiger partial charge in [0.05, 0.1) is 7.11 Å². The molecule has 7 heteroatoms. The number of ether oxygens (including phenoxy) is 1. The number of urea groups is 1. The molecule has 0 saturated carbocycles. The second-order valence-electron chi connectivity index (χ2n) is 6.19. The van der Waals surface area contributed by atoms with Crippen LogP contribution in [-0.4, -0.2) is 23.6 Å². The molecule has 1 aliphatic heterocycles. The number of nitrogens with zero attached hydrogens (tertiary/aromatic N) is 1. The third kappa shape index (κ3) is 3.46. The number of rotatable bonds is 4. The average molecular weight is 426 g/mol. The molecule has 136 valence electrons. The number of carbonyl (C=O) groups is 2. The molecule has 3 amide bonds. The van der Waals surface area contributed by atoms with Crippen molar-refractivity contribution in [2.75, 3.05) is 7.11 Å². The summed E-state index contributed by atoms with van der Waals surface area (Å²) in [6.45, 7) is 0.670. The van der Waals surface area contributed by atoms with Gasteiger partial charge in [-0.15, -0.1) is 0 Å². The van der Waals surface area contributed by atoms with Crippen molar-refractivity contribution in [3.8, 4) is 5.75 Å². The summed E-state index contributed by atoms with van der Waals surface area (Å²) in [6.07, 6.45) is 3.67. The molecule has 1 saturated heterocycles. The summed E-state index contributed by atoms with van der Waals surface area (Å²) in [6, 6.07) is 13.4. The molecule has 0 unspecified atom stereocenters. The van der Waals surface area contributed by atoms with E-state index in [4.69, 9.17) is 4.74 Å². The van der Waals surface area contributed by atoms with Crippen molar-refractivity contribution in [2.45, 2.75) is 6.54 Å². The Balaban J connectivity index is 1.76. The van der Waals surface area contributed by atoms with Gasteiger partial charge in [0.25, 0.3) is 5.91 Å². The highest BCUT2D eigenvalue weighted by molar-refractivity contribution is 9.10. The summed E-state index contributed by atoms with van der Waals surface area (Å²) < 4.78 is 8.27. The van der Waals surface area contributed by atoms with Crippen LogP contribution in [0.1, 0.15) is 11.1 Å². The van der Waals surface area contributed by atoms with Gasteiger partial charge in [0, 0.05) is 33.7 Å². The molecule has 2 heterocycles. The lowest BCUT2D eigenvalue weighted by Crippen LogP contribution is -2.22. The number of amides is 3. The standard InChI is InChI=1S/C20H16BrN3O3/c1-27-15-5-2-12(3-6-15)10-24-11-13(8-17-19(25)23-20(26)22-17)16-9-14(21)4-7-18(16)24/h2-9,11H,10H2,1H3,(H2,22,23,25,26)/b17-8-. The molecule has 1 fully saturated rings. The second kappa shape index (κ2) is 6.92. The maximum atomic E-state index is 11.9. The molecule has 1 aromatic heterocycles. The highest BCUT2D eigenvalue weighted by atomic mass is 79.9. The van der Waals surface area contributed by atoms with E-state index in [1.165, 1.54) is 0 Å². The van der Waals surface area contributed by atoms with Gasteiger partial charge in [0.1, 0.15) is 11.4 Å². The van der Waals surface area contributed by atoms with Crippen LogP contribution < -0.4 is 15.4 Å². The van der Waals surface area contributed by atoms with E-state index >= 15 is 0 Å². The van der Waals surface area contributed by atoms with Crippen molar-refractivity contribution in [2.24, 2.45) is 0 Å².